The Morgan fingerprint density at radius 3 is 2.74 bits per heavy atom. The van der Waals surface area contributed by atoms with Gasteiger partial charge in [0.2, 0.25) is 0 Å². The molecule has 0 saturated carbocycles. The van der Waals surface area contributed by atoms with E-state index in [1.807, 2.05) is 12.3 Å². The summed E-state index contributed by atoms with van der Waals surface area (Å²) in [5.74, 6) is 0.167. The largest absolute Gasteiger partial charge is 0.384 e. The average molecular weight is 295 g/mol. The lowest BCUT2D eigenvalue weighted by molar-refractivity contribution is 0.601. The molecule has 0 radical (unpaired) electrons. The van der Waals surface area contributed by atoms with Crippen LogP contribution in [0.2, 0.25) is 0 Å². The second-order valence-electron chi connectivity index (χ2n) is 3.75. The van der Waals surface area contributed by atoms with Crippen molar-refractivity contribution < 1.29 is 8.42 Å². The van der Waals surface area contributed by atoms with E-state index in [0.717, 1.165) is 4.90 Å². The van der Waals surface area contributed by atoms with Gasteiger partial charge in [-0.05, 0) is 30.5 Å². The van der Waals surface area contributed by atoms with Crippen molar-refractivity contribution in [2.45, 2.75) is 9.79 Å². The van der Waals surface area contributed by atoms with Gasteiger partial charge in [-0.2, -0.15) is 0 Å². The minimum Gasteiger partial charge on any atom is -0.384 e. The number of nitrogens with zero attached hydrogens (tertiary/aromatic N) is 1. The molecule has 1 heterocycles. The SMILES string of the molecule is CSc1cccc(NS(=O)(=O)c2ccnc(N)c2)c1. The van der Waals surface area contributed by atoms with Crippen molar-refractivity contribution in [3.8, 4) is 0 Å². The zero-order chi connectivity index (χ0) is 13.9. The van der Waals surface area contributed by atoms with Crippen LogP contribution in [0.5, 0.6) is 0 Å². The fourth-order valence-corrected chi connectivity index (χ4v) is 3.03. The third-order valence-corrected chi connectivity index (χ3v) is 4.49. The van der Waals surface area contributed by atoms with E-state index in [1.54, 1.807) is 30.0 Å². The third-order valence-electron chi connectivity index (χ3n) is 2.38. The number of nitrogen functional groups attached to an aromatic ring is 1. The maximum Gasteiger partial charge on any atom is 0.262 e. The molecular weight excluding hydrogens is 282 g/mol. The number of pyridine rings is 1. The van der Waals surface area contributed by atoms with E-state index in [4.69, 9.17) is 5.73 Å². The van der Waals surface area contributed by atoms with Gasteiger partial charge in [-0.1, -0.05) is 6.07 Å². The quantitative estimate of drug-likeness (QED) is 0.845. The molecule has 0 spiro atoms. The van der Waals surface area contributed by atoms with Crippen LogP contribution in [0.1, 0.15) is 0 Å². The predicted molar refractivity (Wildman–Crippen MR) is 77.7 cm³/mol. The fraction of sp³-hybridized carbons (Fsp3) is 0.0833. The summed E-state index contributed by atoms with van der Waals surface area (Å²) in [6, 6.07) is 9.89. The third kappa shape index (κ3) is 3.39. The first kappa shape index (κ1) is 13.7. The monoisotopic (exact) mass is 295 g/mol. The van der Waals surface area contributed by atoms with Crippen LogP contribution < -0.4 is 10.5 Å². The molecule has 0 saturated heterocycles. The second-order valence-corrected chi connectivity index (χ2v) is 6.32. The van der Waals surface area contributed by atoms with Gasteiger partial charge < -0.3 is 5.73 Å². The van der Waals surface area contributed by atoms with E-state index in [2.05, 4.69) is 9.71 Å². The Morgan fingerprint density at radius 2 is 2.05 bits per heavy atom. The Morgan fingerprint density at radius 1 is 1.26 bits per heavy atom. The number of sulfonamides is 1. The fourth-order valence-electron chi connectivity index (χ4n) is 1.50. The van der Waals surface area contributed by atoms with Crippen LogP contribution in [0, 0.1) is 0 Å². The zero-order valence-corrected chi connectivity index (χ0v) is 11.8. The molecule has 0 bridgehead atoms. The molecule has 0 amide bonds. The summed E-state index contributed by atoms with van der Waals surface area (Å²) >= 11 is 1.54. The molecule has 0 unspecified atom stereocenters. The van der Waals surface area contributed by atoms with Crippen LogP contribution in [0.4, 0.5) is 11.5 Å². The molecule has 0 fully saturated rings. The number of thioether (sulfide) groups is 1. The van der Waals surface area contributed by atoms with E-state index < -0.39 is 10.0 Å². The normalized spacial score (nSPS) is 11.2. The lowest BCUT2D eigenvalue weighted by Gasteiger charge is -2.09. The Bertz CT molecular complexity index is 687. The standard InChI is InChI=1S/C12H13N3O2S2/c1-18-10-4-2-3-9(7-10)15-19(16,17)11-5-6-14-12(13)8-11/h2-8,15H,1H3,(H2,13,14). The van der Waals surface area contributed by atoms with Gasteiger partial charge in [0.25, 0.3) is 10.0 Å². The molecule has 3 N–H and O–H groups in total. The summed E-state index contributed by atoms with van der Waals surface area (Å²) in [6.45, 7) is 0. The minimum absolute atomic E-state index is 0.0922. The number of nitrogens with two attached hydrogens (primary N) is 1. The molecule has 7 heteroatoms. The summed E-state index contributed by atoms with van der Waals surface area (Å²) < 4.78 is 26.8. The number of hydrogen-bond acceptors (Lipinski definition) is 5. The molecule has 0 aliphatic carbocycles. The average Bonchev–Trinajstić information content (AvgIpc) is 2.38. The van der Waals surface area contributed by atoms with Crippen LogP contribution in [0.3, 0.4) is 0 Å². The Labute approximate surface area is 116 Å². The van der Waals surface area contributed by atoms with E-state index in [0.29, 0.717) is 5.69 Å². The summed E-state index contributed by atoms with van der Waals surface area (Å²) in [7, 11) is -3.64. The smallest absolute Gasteiger partial charge is 0.262 e. The summed E-state index contributed by atoms with van der Waals surface area (Å²) in [5.41, 5.74) is 6.00. The van der Waals surface area contributed by atoms with Crippen molar-refractivity contribution in [1.82, 2.24) is 4.98 Å². The molecule has 0 atom stereocenters. The van der Waals surface area contributed by atoms with Gasteiger partial charge in [0.05, 0.1) is 4.90 Å². The highest BCUT2D eigenvalue weighted by Crippen LogP contribution is 2.21. The summed E-state index contributed by atoms with van der Waals surface area (Å²) in [5, 5.41) is 0. The topological polar surface area (TPSA) is 85.1 Å². The number of aromatic nitrogens is 1. The Hall–Kier alpha value is -1.73. The molecule has 0 aliphatic rings. The Balaban J connectivity index is 2.31. The number of anilines is 2. The first-order valence-electron chi connectivity index (χ1n) is 5.40. The van der Waals surface area contributed by atoms with Crippen LogP contribution in [-0.2, 0) is 10.0 Å². The van der Waals surface area contributed by atoms with E-state index in [-0.39, 0.29) is 10.7 Å². The molecule has 0 aliphatic heterocycles. The summed E-state index contributed by atoms with van der Waals surface area (Å²) in [6.07, 6.45) is 3.29. The van der Waals surface area contributed by atoms with E-state index >= 15 is 0 Å². The first-order chi connectivity index (χ1) is 9.01. The van der Waals surface area contributed by atoms with Crippen molar-refractivity contribution in [1.29, 1.82) is 0 Å². The van der Waals surface area contributed by atoms with Crippen molar-refractivity contribution in [2.24, 2.45) is 0 Å². The highest BCUT2D eigenvalue weighted by molar-refractivity contribution is 7.98. The highest BCUT2D eigenvalue weighted by Gasteiger charge is 2.14. The maximum atomic E-state index is 12.2. The van der Waals surface area contributed by atoms with Crippen LogP contribution >= 0.6 is 11.8 Å². The molecular formula is C12H13N3O2S2. The van der Waals surface area contributed by atoms with Crippen molar-refractivity contribution >= 4 is 33.3 Å². The highest BCUT2D eigenvalue weighted by atomic mass is 32.2. The molecule has 5 nitrogen and oxygen atoms in total. The Kier molecular flexibility index (Phi) is 3.96. The second kappa shape index (κ2) is 5.50. The van der Waals surface area contributed by atoms with Gasteiger partial charge >= 0.3 is 0 Å². The molecule has 100 valence electrons. The summed E-state index contributed by atoms with van der Waals surface area (Å²) in [4.78, 5) is 4.84. The number of hydrogen-bond donors (Lipinski definition) is 2. The number of nitrogens with one attached hydrogen (secondary N) is 1. The van der Waals surface area contributed by atoms with Gasteiger partial charge in [-0.15, -0.1) is 11.8 Å². The molecule has 1 aromatic carbocycles. The molecule has 2 rings (SSSR count). The molecule has 19 heavy (non-hydrogen) atoms. The van der Waals surface area contributed by atoms with Crippen molar-refractivity contribution in [3.63, 3.8) is 0 Å². The van der Waals surface area contributed by atoms with Gasteiger partial charge in [-0.25, -0.2) is 13.4 Å². The van der Waals surface area contributed by atoms with Crippen molar-refractivity contribution in [3.05, 3.63) is 42.6 Å². The van der Waals surface area contributed by atoms with Gasteiger partial charge in [0, 0.05) is 22.8 Å². The van der Waals surface area contributed by atoms with Gasteiger partial charge in [0.1, 0.15) is 5.82 Å². The first-order valence-corrected chi connectivity index (χ1v) is 8.10. The van der Waals surface area contributed by atoms with Crippen LogP contribution in [-0.4, -0.2) is 19.7 Å². The lowest BCUT2D eigenvalue weighted by atomic mass is 10.3. The van der Waals surface area contributed by atoms with Crippen LogP contribution in [0.15, 0.2) is 52.4 Å². The van der Waals surface area contributed by atoms with Gasteiger partial charge in [-0.3, -0.25) is 4.72 Å². The predicted octanol–water partition coefficient (Wildman–Crippen LogP) is 2.19. The number of benzene rings is 1. The van der Waals surface area contributed by atoms with Gasteiger partial charge in [0.15, 0.2) is 0 Å². The minimum atomic E-state index is -3.64. The number of rotatable bonds is 4. The maximum absolute atomic E-state index is 12.2. The lowest BCUT2D eigenvalue weighted by Crippen LogP contribution is -2.13. The van der Waals surface area contributed by atoms with Crippen LogP contribution in [0.25, 0.3) is 0 Å². The molecule has 1 aromatic heterocycles. The van der Waals surface area contributed by atoms with E-state index in [9.17, 15) is 8.42 Å². The van der Waals surface area contributed by atoms with E-state index in [1.165, 1.54) is 18.3 Å². The molecule has 2 aromatic rings. The van der Waals surface area contributed by atoms with Crippen molar-refractivity contribution in [2.75, 3.05) is 16.7 Å². The zero-order valence-electron chi connectivity index (χ0n) is 10.2.